The zero-order chi connectivity index (χ0) is 14.7. The summed E-state index contributed by atoms with van der Waals surface area (Å²) in [5, 5.41) is 5.67. The average Bonchev–Trinajstić information content (AvgIpc) is 2.88. The number of hydrogen-bond acceptors (Lipinski definition) is 5. The molecule has 5 nitrogen and oxygen atoms in total. The molecule has 0 aliphatic rings. The van der Waals surface area contributed by atoms with E-state index in [9.17, 15) is 0 Å². The maximum atomic E-state index is 5.88. The Balaban J connectivity index is 1.54. The van der Waals surface area contributed by atoms with Gasteiger partial charge < -0.3 is 4.74 Å². The molecule has 0 bridgehead atoms. The van der Waals surface area contributed by atoms with E-state index in [-0.39, 0.29) is 0 Å². The molecule has 21 heavy (non-hydrogen) atoms. The van der Waals surface area contributed by atoms with E-state index in [2.05, 4.69) is 31.0 Å². The van der Waals surface area contributed by atoms with Crippen LogP contribution in [0.15, 0.2) is 46.3 Å². The Morgan fingerprint density at radius 1 is 1.38 bits per heavy atom. The van der Waals surface area contributed by atoms with E-state index in [0.29, 0.717) is 22.6 Å². The Morgan fingerprint density at radius 2 is 2.29 bits per heavy atom. The lowest BCUT2D eigenvalue weighted by atomic mass is 10.3. The summed E-state index contributed by atoms with van der Waals surface area (Å²) < 4.78 is 8.18. The fourth-order valence-electron chi connectivity index (χ4n) is 1.65. The quantitative estimate of drug-likeness (QED) is 0.495. The lowest BCUT2D eigenvalue weighted by Gasteiger charge is -2.07. The van der Waals surface area contributed by atoms with Crippen LogP contribution in [0.1, 0.15) is 0 Å². The summed E-state index contributed by atoms with van der Waals surface area (Å²) in [5.74, 6) is 2.11. The average molecular weight is 386 g/mol. The van der Waals surface area contributed by atoms with Crippen LogP contribution >= 0.6 is 39.3 Å². The molecule has 0 aliphatic heterocycles. The molecule has 2 heterocycles. The predicted octanol–water partition coefficient (Wildman–Crippen LogP) is 3.71. The first-order chi connectivity index (χ1) is 10.2. The number of aromatic nitrogens is 4. The molecule has 2 aromatic heterocycles. The van der Waals surface area contributed by atoms with Crippen molar-refractivity contribution >= 4 is 45.1 Å². The summed E-state index contributed by atoms with van der Waals surface area (Å²) >= 11 is 10.8. The summed E-state index contributed by atoms with van der Waals surface area (Å²) in [6, 6.07) is 7.25. The van der Waals surface area contributed by atoms with Crippen molar-refractivity contribution in [3.8, 4) is 5.75 Å². The summed E-state index contributed by atoms with van der Waals surface area (Å²) in [6.45, 7) is 0.549. The van der Waals surface area contributed by atoms with Crippen molar-refractivity contribution < 1.29 is 4.74 Å². The molecule has 0 atom stereocenters. The normalized spacial score (nSPS) is 11.0. The number of thioether (sulfide) groups is 1. The molecule has 0 amide bonds. The predicted molar refractivity (Wildman–Crippen MR) is 86.2 cm³/mol. The van der Waals surface area contributed by atoms with Gasteiger partial charge in [-0.2, -0.15) is 4.98 Å². The van der Waals surface area contributed by atoms with Gasteiger partial charge >= 0.3 is 0 Å². The van der Waals surface area contributed by atoms with Crippen LogP contribution in [-0.2, 0) is 0 Å². The third kappa shape index (κ3) is 3.66. The van der Waals surface area contributed by atoms with Crippen molar-refractivity contribution in [3.63, 3.8) is 0 Å². The first-order valence-corrected chi connectivity index (χ1v) is 8.26. The fraction of sp³-hybridized carbons (Fsp3) is 0.154. The molecular weight excluding hydrogens is 376 g/mol. The summed E-state index contributed by atoms with van der Waals surface area (Å²) in [7, 11) is 0. The van der Waals surface area contributed by atoms with Gasteiger partial charge in [0.05, 0.1) is 11.1 Å². The molecular formula is C13H10BrClN4OS. The van der Waals surface area contributed by atoms with E-state index in [4.69, 9.17) is 16.3 Å². The van der Waals surface area contributed by atoms with Gasteiger partial charge in [-0.3, -0.25) is 0 Å². The lowest BCUT2D eigenvalue weighted by molar-refractivity contribution is 0.341. The van der Waals surface area contributed by atoms with Crippen molar-refractivity contribution in [2.45, 2.75) is 5.16 Å². The highest BCUT2D eigenvalue weighted by Crippen LogP contribution is 2.28. The van der Waals surface area contributed by atoms with E-state index < -0.39 is 0 Å². The van der Waals surface area contributed by atoms with E-state index >= 15 is 0 Å². The standard InChI is InChI=1S/C13H10BrClN4OS/c14-10-8-9(15)2-3-11(10)20-6-7-21-13-17-12-16-4-1-5-19(12)18-13/h1-5,8H,6-7H2. The Labute approximate surface area is 138 Å². The molecule has 0 spiro atoms. The highest BCUT2D eigenvalue weighted by Gasteiger charge is 2.05. The number of rotatable bonds is 5. The highest BCUT2D eigenvalue weighted by molar-refractivity contribution is 9.10. The smallest absolute Gasteiger partial charge is 0.253 e. The van der Waals surface area contributed by atoms with Gasteiger partial charge in [-0.25, -0.2) is 9.50 Å². The van der Waals surface area contributed by atoms with Gasteiger partial charge in [0.15, 0.2) is 0 Å². The number of fused-ring (bicyclic) bond motifs is 1. The second kappa shape index (κ2) is 6.64. The van der Waals surface area contributed by atoms with Crippen LogP contribution in [0.4, 0.5) is 0 Å². The molecule has 0 saturated heterocycles. The van der Waals surface area contributed by atoms with Crippen LogP contribution in [0.3, 0.4) is 0 Å². The van der Waals surface area contributed by atoms with Crippen molar-refractivity contribution in [1.29, 1.82) is 0 Å². The van der Waals surface area contributed by atoms with Gasteiger partial charge in [0.25, 0.3) is 5.78 Å². The third-order valence-corrected chi connectivity index (χ3v) is 4.22. The van der Waals surface area contributed by atoms with E-state index in [1.54, 1.807) is 22.8 Å². The van der Waals surface area contributed by atoms with Crippen LogP contribution in [-0.4, -0.2) is 31.9 Å². The molecule has 0 N–H and O–H groups in total. The molecule has 108 valence electrons. The van der Waals surface area contributed by atoms with Gasteiger partial charge in [-0.1, -0.05) is 23.4 Å². The Hall–Kier alpha value is -1.31. The molecule has 0 aliphatic carbocycles. The number of nitrogens with zero attached hydrogens (tertiary/aromatic N) is 4. The van der Waals surface area contributed by atoms with Gasteiger partial charge in [0, 0.05) is 23.2 Å². The van der Waals surface area contributed by atoms with Crippen molar-refractivity contribution in [2.24, 2.45) is 0 Å². The number of ether oxygens (including phenoxy) is 1. The fourth-order valence-corrected chi connectivity index (χ4v) is 3.09. The first kappa shape index (κ1) is 14.6. The second-order valence-corrected chi connectivity index (χ2v) is 6.38. The Bertz CT molecular complexity index is 734. The monoisotopic (exact) mass is 384 g/mol. The summed E-state index contributed by atoms with van der Waals surface area (Å²) in [5.41, 5.74) is 0. The molecule has 0 unspecified atom stereocenters. The topological polar surface area (TPSA) is 52.3 Å². The number of benzene rings is 1. The van der Waals surface area contributed by atoms with Crippen LogP contribution in [0, 0.1) is 0 Å². The van der Waals surface area contributed by atoms with E-state index in [0.717, 1.165) is 16.0 Å². The molecule has 0 radical (unpaired) electrons. The van der Waals surface area contributed by atoms with Crippen molar-refractivity contribution in [1.82, 2.24) is 19.6 Å². The van der Waals surface area contributed by atoms with Crippen LogP contribution in [0.25, 0.3) is 5.78 Å². The van der Waals surface area contributed by atoms with Gasteiger partial charge in [-0.15, -0.1) is 5.10 Å². The van der Waals surface area contributed by atoms with Crippen LogP contribution in [0.5, 0.6) is 5.75 Å². The molecule has 8 heteroatoms. The number of hydrogen-bond donors (Lipinski definition) is 0. The van der Waals surface area contributed by atoms with Gasteiger partial charge in [0.1, 0.15) is 5.75 Å². The molecule has 3 aromatic rings. The van der Waals surface area contributed by atoms with Crippen LogP contribution in [0.2, 0.25) is 5.02 Å². The maximum Gasteiger partial charge on any atom is 0.253 e. The largest absolute Gasteiger partial charge is 0.492 e. The van der Waals surface area contributed by atoms with Crippen molar-refractivity contribution in [2.75, 3.05) is 12.4 Å². The summed E-state index contributed by atoms with van der Waals surface area (Å²) in [4.78, 5) is 8.43. The SMILES string of the molecule is Clc1ccc(OCCSc2nc3ncccn3n2)c(Br)c1. The minimum absolute atomic E-state index is 0.549. The minimum Gasteiger partial charge on any atom is -0.492 e. The maximum absolute atomic E-state index is 5.88. The molecule has 0 saturated carbocycles. The minimum atomic E-state index is 0.549. The van der Waals surface area contributed by atoms with E-state index in [1.165, 1.54) is 11.8 Å². The number of halogens is 2. The third-order valence-electron chi connectivity index (χ3n) is 2.56. The summed E-state index contributed by atoms with van der Waals surface area (Å²) in [6.07, 6.45) is 3.51. The second-order valence-electron chi connectivity index (χ2n) is 4.03. The zero-order valence-corrected chi connectivity index (χ0v) is 13.9. The Kier molecular flexibility index (Phi) is 4.62. The molecule has 3 rings (SSSR count). The lowest BCUT2D eigenvalue weighted by Crippen LogP contribution is -2.00. The molecule has 1 aromatic carbocycles. The van der Waals surface area contributed by atoms with Crippen molar-refractivity contribution in [3.05, 3.63) is 46.2 Å². The molecule has 0 fully saturated rings. The van der Waals surface area contributed by atoms with E-state index in [1.807, 2.05) is 18.3 Å². The Morgan fingerprint density at radius 3 is 3.10 bits per heavy atom. The highest BCUT2D eigenvalue weighted by atomic mass is 79.9. The van der Waals surface area contributed by atoms with Crippen LogP contribution < -0.4 is 4.74 Å². The van der Waals surface area contributed by atoms with Gasteiger partial charge in [-0.05, 0) is 40.2 Å². The zero-order valence-electron chi connectivity index (χ0n) is 10.7. The first-order valence-electron chi connectivity index (χ1n) is 6.10. The van der Waals surface area contributed by atoms with Gasteiger partial charge in [0.2, 0.25) is 5.16 Å².